The molecule has 0 unspecified atom stereocenters. The number of pyridine rings is 1. The fourth-order valence-electron chi connectivity index (χ4n) is 3.64. The van der Waals surface area contributed by atoms with Gasteiger partial charge in [0.05, 0.1) is 12.7 Å². The number of esters is 1. The number of fused-ring (bicyclic) bond motifs is 3. The molecular formula is C24H22N2O6S. The fraction of sp³-hybridized carbons (Fsp3) is 0.250. The molecule has 1 amide bonds. The molecule has 4 rings (SSSR count). The van der Waals surface area contributed by atoms with Gasteiger partial charge in [0.15, 0.2) is 5.69 Å². The van der Waals surface area contributed by atoms with Crippen LogP contribution in [-0.2, 0) is 11.3 Å². The summed E-state index contributed by atoms with van der Waals surface area (Å²) in [6.07, 6.45) is 1.74. The highest BCUT2D eigenvalue weighted by molar-refractivity contribution is 7.13. The second-order valence-electron chi connectivity index (χ2n) is 7.46. The van der Waals surface area contributed by atoms with Crippen molar-refractivity contribution >= 4 is 29.2 Å². The summed E-state index contributed by atoms with van der Waals surface area (Å²) in [7, 11) is 1.20. The molecule has 9 heteroatoms. The molecule has 1 aliphatic rings. The molecule has 0 spiro atoms. The average molecular weight is 467 g/mol. The number of aromatic nitrogens is 1. The molecule has 33 heavy (non-hydrogen) atoms. The van der Waals surface area contributed by atoms with E-state index in [1.165, 1.54) is 30.6 Å². The van der Waals surface area contributed by atoms with Gasteiger partial charge in [0.25, 0.3) is 5.91 Å². The lowest BCUT2D eigenvalue weighted by Gasteiger charge is -2.20. The van der Waals surface area contributed by atoms with E-state index in [1.807, 2.05) is 18.4 Å². The van der Waals surface area contributed by atoms with Crippen molar-refractivity contribution in [1.82, 2.24) is 10.3 Å². The van der Waals surface area contributed by atoms with Crippen LogP contribution in [0, 0.1) is 0 Å². The monoisotopic (exact) mass is 466 g/mol. The number of benzene rings is 1. The van der Waals surface area contributed by atoms with Crippen LogP contribution in [0.5, 0.6) is 5.75 Å². The van der Waals surface area contributed by atoms with Crippen molar-refractivity contribution in [3.63, 3.8) is 0 Å². The topological polar surface area (TPSA) is 115 Å². The normalized spacial score (nSPS) is 11.7. The smallest absolute Gasteiger partial charge is 0.357 e. The molecule has 0 saturated heterocycles. The fourth-order valence-corrected chi connectivity index (χ4v) is 4.58. The molecule has 0 atom stereocenters. The lowest BCUT2D eigenvalue weighted by Crippen LogP contribution is -2.26. The Morgan fingerprint density at radius 2 is 2.00 bits per heavy atom. The molecule has 2 N–H and O–H groups in total. The number of nitrogens with zero attached hydrogens (tertiary/aromatic N) is 1. The third-order valence-corrected chi connectivity index (χ3v) is 6.33. The van der Waals surface area contributed by atoms with Gasteiger partial charge in [-0.25, -0.2) is 14.6 Å². The molecule has 0 aliphatic carbocycles. The molecule has 0 saturated carbocycles. The standard InChI is InChI=1S/C24H22N2O6S/c1-3-4-8-25-22(27)18-6-5-14(20(26-18)24(30)31-2)15-11-19-17(10-16(15)23(28)29)21-13(12-32-19)7-9-33-21/h5-7,9-11H,3-4,8,12H2,1-2H3,(H,25,27)(H,28,29). The van der Waals surface area contributed by atoms with Crippen LogP contribution in [0.4, 0.5) is 0 Å². The highest BCUT2D eigenvalue weighted by atomic mass is 32.1. The van der Waals surface area contributed by atoms with Gasteiger partial charge in [-0.15, -0.1) is 11.3 Å². The van der Waals surface area contributed by atoms with Crippen LogP contribution < -0.4 is 10.1 Å². The number of methoxy groups -OCH3 is 1. The molecule has 0 radical (unpaired) electrons. The first-order chi connectivity index (χ1) is 15.9. The molecule has 1 aliphatic heterocycles. The predicted molar refractivity (Wildman–Crippen MR) is 123 cm³/mol. The maximum atomic E-state index is 12.5. The quantitative estimate of drug-likeness (QED) is 0.392. The number of carboxylic acid groups (broad SMARTS) is 1. The number of carboxylic acids is 1. The van der Waals surface area contributed by atoms with Gasteiger partial charge in [-0.2, -0.15) is 0 Å². The van der Waals surface area contributed by atoms with E-state index in [0.717, 1.165) is 23.3 Å². The molecule has 170 valence electrons. The van der Waals surface area contributed by atoms with E-state index in [4.69, 9.17) is 9.47 Å². The van der Waals surface area contributed by atoms with Crippen molar-refractivity contribution in [2.45, 2.75) is 26.4 Å². The van der Waals surface area contributed by atoms with Gasteiger partial charge in [-0.05, 0) is 42.1 Å². The first-order valence-corrected chi connectivity index (χ1v) is 11.3. The summed E-state index contributed by atoms with van der Waals surface area (Å²) < 4.78 is 10.7. The van der Waals surface area contributed by atoms with Gasteiger partial charge < -0.3 is 19.9 Å². The van der Waals surface area contributed by atoms with E-state index >= 15 is 0 Å². The second-order valence-corrected chi connectivity index (χ2v) is 8.37. The summed E-state index contributed by atoms with van der Waals surface area (Å²) in [6.45, 7) is 2.87. The van der Waals surface area contributed by atoms with Crippen LogP contribution in [0.15, 0.2) is 35.7 Å². The third-order valence-electron chi connectivity index (χ3n) is 5.34. The molecule has 0 bridgehead atoms. The van der Waals surface area contributed by atoms with Crippen LogP contribution in [0.2, 0.25) is 0 Å². The van der Waals surface area contributed by atoms with E-state index in [9.17, 15) is 19.5 Å². The highest BCUT2D eigenvalue weighted by Gasteiger charge is 2.27. The lowest BCUT2D eigenvalue weighted by molar-refractivity contribution is 0.0593. The number of rotatable bonds is 7. The Labute approximate surface area is 194 Å². The molecule has 0 fully saturated rings. The lowest BCUT2D eigenvalue weighted by atomic mass is 9.93. The number of hydrogen-bond acceptors (Lipinski definition) is 7. The summed E-state index contributed by atoms with van der Waals surface area (Å²) >= 11 is 1.51. The number of ether oxygens (including phenoxy) is 2. The van der Waals surface area contributed by atoms with Gasteiger partial charge in [0, 0.05) is 33.7 Å². The Morgan fingerprint density at radius 3 is 2.73 bits per heavy atom. The minimum atomic E-state index is -1.16. The summed E-state index contributed by atoms with van der Waals surface area (Å²) in [6, 6.07) is 8.08. The molecule has 8 nitrogen and oxygen atoms in total. The number of carbonyl (C=O) groups excluding carboxylic acids is 2. The molecule has 1 aromatic carbocycles. The average Bonchev–Trinajstić information content (AvgIpc) is 3.31. The predicted octanol–water partition coefficient (Wildman–Crippen LogP) is 4.38. The van der Waals surface area contributed by atoms with Crippen LogP contribution in [0.25, 0.3) is 21.6 Å². The largest absolute Gasteiger partial charge is 0.488 e. The number of carbonyl (C=O) groups is 3. The number of unbranched alkanes of at least 4 members (excludes halogenated alkanes) is 1. The van der Waals surface area contributed by atoms with Crippen LogP contribution >= 0.6 is 11.3 Å². The number of thiophene rings is 1. The van der Waals surface area contributed by atoms with E-state index in [-0.39, 0.29) is 28.1 Å². The summed E-state index contributed by atoms with van der Waals surface area (Å²) in [5.41, 5.74) is 2.07. The zero-order valence-electron chi connectivity index (χ0n) is 18.1. The second kappa shape index (κ2) is 9.41. The first-order valence-electron chi connectivity index (χ1n) is 10.4. The third kappa shape index (κ3) is 4.31. The Kier molecular flexibility index (Phi) is 6.41. The maximum Gasteiger partial charge on any atom is 0.357 e. The molecule has 3 aromatic rings. The van der Waals surface area contributed by atoms with E-state index in [1.54, 1.807) is 12.1 Å². The van der Waals surface area contributed by atoms with Gasteiger partial charge >= 0.3 is 11.9 Å². The van der Waals surface area contributed by atoms with E-state index in [0.29, 0.717) is 24.5 Å². The Morgan fingerprint density at radius 1 is 1.18 bits per heavy atom. The Hall–Kier alpha value is -3.72. The van der Waals surface area contributed by atoms with Crippen LogP contribution in [0.3, 0.4) is 0 Å². The summed E-state index contributed by atoms with van der Waals surface area (Å²) in [5, 5.41) is 14.6. The van der Waals surface area contributed by atoms with Crippen molar-refractivity contribution < 1.29 is 29.0 Å². The van der Waals surface area contributed by atoms with Crippen molar-refractivity contribution in [3.05, 3.63) is 58.2 Å². The zero-order valence-corrected chi connectivity index (χ0v) is 19.0. The minimum Gasteiger partial charge on any atom is -0.488 e. The van der Waals surface area contributed by atoms with E-state index < -0.39 is 17.8 Å². The van der Waals surface area contributed by atoms with Crippen molar-refractivity contribution in [2.24, 2.45) is 0 Å². The SMILES string of the molecule is CCCCNC(=O)c1ccc(-c2cc3c(cc2C(=O)O)-c2sccc2CO3)c(C(=O)OC)n1. The van der Waals surface area contributed by atoms with Gasteiger partial charge in [-0.1, -0.05) is 13.3 Å². The van der Waals surface area contributed by atoms with Gasteiger partial charge in [0.2, 0.25) is 0 Å². The van der Waals surface area contributed by atoms with E-state index in [2.05, 4.69) is 10.3 Å². The van der Waals surface area contributed by atoms with Crippen LogP contribution in [-0.4, -0.2) is 41.6 Å². The number of nitrogens with one attached hydrogen (secondary N) is 1. The van der Waals surface area contributed by atoms with Gasteiger partial charge in [0.1, 0.15) is 18.1 Å². The number of hydrogen-bond donors (Lipinski definition) is 2. The molecular weight excluding hydrogens is 444 g/mol. The van der Waals surface area contributed by atoms with Crippen LogP contribution in [0.1, 0.15) is 56.7 Å². The maximum absolute atomic E-state index is 12.5. The Bertz CT molecular complexity index is 1250. The summed E-state index contributed by atoms with van der Waals surface area (Å²) in [4.78, 5) is 42.3. The Balaban J connectivity index is 1.83. The molecule has 2 aromatic heterocycles. The number of aromatic carboxylic acids is 1. The summed E-state index contributed by atoms with van der Waals surface area (Å²) in [5.74, 6) is -1.84. The zero-order chi connectivity index (χ0) is 23.5. The molecule has 3 heterocycles. The number of amides is 1. The van der Waals surface area contributed by atoms with Gasteiger partial charge in [-0.3, -0.25) is 4.79 Å². The first kappa shape index (κ1) is 22.5. The highest BCUT2D eigenvalue weighted by Crippen LogP contribution is 2.44. The van der Waals surface area contributed by atoms with Crippen molar-refractivity contribution in [3.8, 4) is 27.3 Å². The van der Waals surface area contributed by atoms with Crippen molar-refractivity contribution in [2.75, 3.05) is 13.7 Å². The van der Waals surface area contributed by atoms with Crippen molar-refractivity contribution in [1.29, 1.82) is 0 Å². The minimum absolute atomic E-state index is 0.00861.